The van der Waals surface area contributed by atoms with Crippen molar-refractivity contribution in [2.75, 3.05) is 25.5 Å². The highest BCUT2D eigenvalue weighted by Crippen LogP contribution is 2.28. The molecule has 2 amide bonds. The fraction of sp³-hybridized carbons (Fsp3) is 0.400. The van der Waals surface area contributed by atoms with E-state index in [1.54, 1.807) is 17.1 Å². The molecule has 2 unspecified atom stereocenters. The lowest BCUT2D eigenvalue weighted by molar-refractivity contribution is 0.110. The molecule has 2 atom stereocenters. The summed E-state index contributed by atoms with van der Waals surface area (Å²) in [5.74, 6) is 0.527. The fourth-order valence-corrected chi connectivity index (χ4v) is 4.27. The van der Waals surface area contributed by atoms with Crippen molar-refractivity contribution in [2.24, 2.45) is 7.05 Å². The Balaban J connectivity index is 1.36. The summed E-state index contributed by atoms with van der Waals surface area (Å²) in [4.78, 5) is 26.2. The summed E-state index contributed by atoms with van der Waals surface area (Å²) in [6, 6.07) is 6.63. The van der Waals surface area contributed by atoms with Crippen LogP contribution in [0.25, 0.3) is 22.2 Å². The smallest absolute Gasteiger partial charge is 0.321 e. The lowest BCUT2D eigenvalue weighted by Crippen LogP contribution is -2.54. The van der Waals surface area contributed by atoms with Crippen molar-refractivity contribution in [2.45, 2.75) is 24.9 Å². The van der Waals surface area contributed by atoms with Crippen LogP contribution in [0.4, 0.5) is 10.6 Å². The zero-order valence-electron chi connectivity index (χ0n) is 16.0. The van der Waals surface area contributed by atoms with Crippen LogP contribution < -0.4 is 5.32 Å². The maximum absolute atomic E-state index is 12.7. The van der Waals surface area contributed by atoms with E-state index in [0.717, 1.165) is 35.2 Å². The minimum absolute atomic E-state index is 0.0831. The summed E-state index contributed by atoms with van der Waals surface area (Å²) in [5, 5.41) is 8.09. The molecule has 3 aromatic heterocycles. The van der Waals surface area contributed by atoms with E-state index in [2.05, 4.69) is 27.3 Å². The van der Waals surface area contributed by atoms with E-state index in [1.165, 1.54) is 12.8 Å². The molecule has 8 heteroatoms. The van der Waals surface area contributed by atoms with Crippen LogP contribution in [0.3, 0.4) is 0 Å². The predicted octanol–water partition coefficient (Wildman–Crippen LogP) is 2.34. The second-order valence-corrected chi connectivity index (χ2v) is 7.75. The highest BCUT2D eigenvalue weighted by Gasteiger charge is 2.39. The molecule has 3 aromatic rings. The minimum Gasteiger partial charge on any atom is -0.321 e. The topological polar surface area (TPSA) is 79.2 Å². The molecule has 5 heterocycles. The number of carbonyl (C=O) groups excluding carboxylic acids is 1. The van der Waals surface area contributed by atoms with Gasteiger partial charge in [0.05, 0.1) is 17.4 Å². The molecule has 8 nitrogen and oxygen atoms in total. The van der Waals surface area contributed by atoms with E-state index < -0.39 is 0 Å². The van der Waals surface area contributed by atoms with Gasteiger partial charge in [0, 0.05) is 61.6 Å². The Kier molecular flexibility index (Phi) is 4.01. The Labute approximate surface area is 163 Å². The first-order valence-electron chi connectivity index (χ1n) is 9.60. The molecule has 2 bridgehead atoms. The van der Waals surface area contributed by atoms with E-state index in [0.29, 0.717) is 17.9 Å². The number of piperazine rings is 1. The van der Waals surface area contributed by atoms with Crippen LogP contribution >= 0.6 is 0 Å². The second-order valence-electron chi connectivity index (χ2n) is 7.75. The molecule has 0 radical (unpaired) electrons. The molecular formula is C20H23N7O. The number of nitrogens with zero attached hydrogens (tertiary/aromatic N) is 6. The third-order valence-electron chi connectivity index (χ3n) is 5.94. The highest BCUT2D eigenvalue weighted by atomic mass is 16.2. The van der Waals surface area contributed by atoms with E-state index in [1.807, 2.05) is 36.3 Å². The number of hydrogen-bond acceptors (Lipinski definition) is 5. The van der Waals surface area contributed by atoms with Gasteiger partial charge in [-0.1, -0.05) is 0 Å². The fourth-order valence-electron chi connectivity index (χ4n) is 4.27. The number of anilines is 1. The van der Waals surface area contributed by atoms with Gasteiger partial charge < -0.3 is 4.90 Å². The number of aryl methyl sites for hydroxylation is 1. The monoisotopic (exact) mass is 377 g/mol. The Morgan fingerprint density at radius 2 is 1.93 bits per heavy atom. The number of pyridine rings is 2. The summed E-state index contributed by atoms with van der Waals surface area (Å²) in [5.41, 5.74) is 2.60. The molecule has 144 valence electrons. The quantitative estimate of drug-likeness (QED) is 0.742. The van der Waals surface area contributed by atoms with Crippen molar-refractivity contribution in [3.8, 4) is 11.3 Å². The third-order valence-corrected chi connectivity index (χ3v) is 5.94. The normalized spacial score (nSPS) is 22.0. The van der Waals surface area contributed by atoms with Crippen molar-refractivity contribution in [3.05, 3.63) is 36.8 Å². The first-order chi connectivity index (χ1) is 13.6. The van der Waals surface area contributed by atoms with Crippen LogP contribution in [0, 0.1) is 0 Å². The number of aromatic nitrogens is 4. The average Bonchev–Trinajstić information content (AvgIpc) is 3.19. The van der Waals surface area contributed by atoms with Gasteiger partial charge >= 0.3 is 6.03 Å². The number of fused-ring (bicyclic) bond motifs is 3. The van der Waals surface area contributed by atoms with Crippen molar-refractivity contribution < 1.29 is 4.79 Å². The van der Waals surface area contributed by atoms with Gasteiger partial charge in [0.2, 0.25) is 0 Å². The molecule has 0 spiro atoms. The standard InChI is InChI=1S/C20H23N7O/c1-25-10-14(9-22-25)17-6-3-13-8-21-19(7-18(13)23-17)24-20(28)27-11-15-4-5-16(12-27)26(15)2/h3,6-10,15-16H,4-5,11-12H2,1-2H3,(H,21,24,28). The maximum Gasteiger partial charge on any atom is 0.323 e. The molecule has 5 rings (SSSR count). The van der Waals surface area contributed by atoms with E-state index in [-0.39, 0.29) is 6.03 Å². The summed E-state index contributed by atoms with van der Waals surface area (Å²) < 4.78 is 1.75. The van der Waals surface area contributed by atoms with Crippen molar-refractivity contribution >= 4 is 22.8 Å². The van der Waals surface area contributed by atoms with Gasteiger partial charge in [-0.25, -0.2) is 14.8 Å². The number of amides is 2. The number of likely N-dealkylation sites (tertiary alicyclic amines) is 1. The predicted molar refractivity (Wildman–Crippen MR) is 107 cm³/mol. The summed E-state index contributed by atoms with van der Waals surface area (Å²) in [6.45, 7) is 1.55. The van der Waals surface area contributed by atoms with E-state index in [9.17, 15) is 4.79 Å². The van der Waals surface area contributed by atoms with E-state index in [4.69, 9.17) is 4.98 Å². The van der Waals surface area contributed by atoms with Crippen molar-refractivity contribution in [1.82, 2.24) is 29.5 Å². The molecule has 28 heavy (non-hydrogen) atoms. The van der Waals surface area contributed by atoms with Gasteiger partial charge in [0.1, 0.15) is 5.82 Å². The molecule has 0 aliphatic carbocycles. The van der Waals surface area contributed by atoms with Crippen LogP contribution in [0.1, 0.15) is 12.8 Å². The first-order valence-corrected chi connectivity index (χ1v) is 9.60. The van der Waals surface area contributed by atoms with Crippen molar-refractivity contribution in [1.29, 1.82) is 0 Å². The van der Waals surface area contributed by atoms with Crippen LogP contribution in [-0.4, -0.2) is 67.8 Å². The van der Waals surface area contributed by atoms with Crippen LogP contribution in [0.5, 0.6) is 0 Å². The molecule has 2 saturated heterocycles. The number of likely N-dealkylation sites (N-methyl/N-ethyl adjacent to an activating group) is 1. The molecule has 0 aromatic carbocycles. The zero-order chi connectivity index (χ0) is 19.3. The summed E-state index contributed by atoms with van der Waals surface area (Å²) in [6.07, 6.45) is 7.80. The SMILES string of the molecule is CN1C2CCC1CN(C(=O)Nc1cc3nc(-c4cnn(C)c4)ccc3cn1)C2. The van der Waals surface area contributed by atoms with Crippen LogP contribution in [0.15, 0.2) is 36.8 Å². The Morgan fingerprint density at radius 1 is 1.14 bits per heavy atom. The van der Waals surface area contributed by atoms with Gasteiger partial charge in [-0.15, -0.1) is 0 Å². The number of urea groups is 1. The number of rotatable bonds is 2. The minimum atomic E-state index is -0.0831. The average molecular weight is 377 g/mol. The lowest BCUT2D eigenvalue weighted by Gasteiger charge is -2.38. The molecule has 2 fully saturated rings. The largest absolute Gasteiger partial charge is 0.323 e. The molecular weight excluding hydrogens is 354 g/mol. The van der Waals surface area contributed by atoms with Gasteiger partial charge in [0.15, 0.2) is 0 Å². The molecule has 2 aliphatic rings. The van der Waals surface area contributed by atoms with Gasteiger partial charge in [-0.05, 0) is 32.0 Å². The van der Waals surface area contributed by atoms with Crippen LogP contribution in [-0.2, 0) is 7.05 Å². The molecule has 1 N–H and O–H groups in total. The number of nitrogens with one attached hydrogen (secondary N) is 1. The van der Waals surface area contributed by atoms with Crippen molar-refractivity contribution in [3.63, 3.8) is 0 Å². The lowest BCUT2D eigenvalue weighted by atomic mass is 10.2. The Hall–Kier alpha value is -3.00. The summed E-state index contributed by atoms with van der Waals surface area (Å²) in [7, 11) is 4.04. The third kappa shape index (κ3) is 2.99. The summed E-state index contributed by atoms with van der Waals surface area (Å²) >= 11 is 0. The Bertz CT molecular complexity index is 1030. The molecule has 2 aliphatic heterocycles. The Morgan fingerprint density at radius 3 is 2.64 bits per heavy atom. The number of carbonyl (C=O) groups is 1. The first kappa shape index (κ1) is 17.1. The zero-order valence-corrected chi connectivity index (χ0v) is 16.0. The van der Waals surface area contributed by atoms with Crippen LogP contribution in [0.2, 0.25) is 0 Å². The second kappa shape index (κ2) is 6.56. The maximum atomic E-state index is 12.7. The van der Waals surface area contributed by atoms with E-state index >= 15 is 0 Å². The van der Waals surface area contributed by atoms with Gasteiger partial charge in [-0.2, -0.15) is 5.10 Å². The van der Waals surface area contributed by atoms with Gasteiger partial charge in [0.25, 0.3) is 0 Å². The van der Waals surface area contributed by atoms with Gasteiger partial charge in [-0.3, -0.25) is 14.9 Å². The molecule has 0 saturated carbocycles. The highest BCUT2D eigenvalue weighted by molar-refractivity contribution is 5.91. The number of hydrogen-bond donors (Lipinski definition) is 1.